The SMILES string of the molecule is O=[N+]([O-])c1ccc(O[C@H]2C[C@@H](O)[C@H](O)[C@@H](CO)O2)c(Cl)c1. The Bertz CT molecular complexity index is 526. The second kappa shape index (κ2) is 6.54. The Hall–Kier alpha value is -1.45. The van der Waals surface area contributed by atoms with Gasteiger partial charge in [0.25, 0.3) is 5.69 Å². The van der Waals surface area contributed by atoms with Crippen LogP contribution in [-0.2, 0) is 4.74 Å². The number of rotatable bonds is 4. The molecule has 21 heavy (non-hydrogen) atoms. The Balaban J connectivity index is 2.09. The van der Waals surface area contributed by atoms with Crippen molar-refractivity contribution < 1.29 is 29.7 Å². The molecule has 2 rings (SSSR count). The van der Waals surface area contributed by atoms with E-state index in [9.17, 15) is 20.3 Å². The van der Waals surface area contributed by atoms with Gasteiger partial charge in [0, 0.05) is 18.6 Å². The maximum atomic E-state index is 10.6. The summed E-state index contributed by atoms with van der Waals surface area (Å²) in [6, 6.07) is 3.67. The van der Waals surface area contributed by atoms with E-state index in [-0.39, 0.29) is 22.9 Å². The molecule has 0 aromatic heterocycles. The van der Waals surface area contributed by atoms with E-state index in [1.54, 1.807) is 0 Å². The Morgan fingerprint density at radius 2 is 2.19 bits per heavy atom. The Morgan fingerprint density at radius 1 is 1.48 bits per heavy atom. The molecule has 0 saturated carbocycles. The summed E-state index contributed by atoms with van der Waals surface area (Å²) in [5.74, 6) is 0.146. The topological polar surface area (TPSA) is 122 Å². The van der Waals surface area contributed by atoms with Crippen LogP contribution in [0.15, 0.2) is 18.2 Å². The molecule has 0 unspecified atom stereocenters. The van der Waals surface area contributed by atoms with Crippen molar-refractivity contribution >= 4 is 17.3 Å². The third kappa shape index (κ3) is 3.60. The van der Waals surface area contributed by atoms with E-state index in [4.69, 9.17) is 26.2 Å². The number of ether oxygens (including phenoxy) is 2. The van der Waals surface area contributed by atoms with Crippen molar-refractivity contribution in [2.45, 2.75) is 31.0 Å². The molecule has 0 radical (unpaired) electrons. The van der Waals surface area contributed by atoms with Crippen molar-refractivity contribution in [2.75, 3.05) is 6.61 Å². The number of non-ortho nitro benzene ring substituents is 1. The van der Waals surface area contributed by atoms with Crippen LogP contribution in [0, 0.1) is 10.1 Å². The van der Waals surface area contributed by atoms with Crippen LogP contribution in [-0.4, -0.2) is 51.5 Å². The van der Waals surface area contributed by atoms with Crippen LogP contribution in [0.2, 0.25) is 5.02 Å². The average molecular weight is 320 g/mol. The van der Waals surface area contributed by atoms with E-state index in [1.165, 1.54) is 12.1 Å². The highest BCUT2D eigenvalue weighted by Gasteiger charge is 2.37. The highest BCUT2D eigenvalue weighted by atomic mass is 35.5. The van der Waals surface area contributed by atoms with Crippen LogP contribution in [0.4, 0.5) is 5.69 Å². The fourth-order valence-electron chi connectivity index (χ4n) is 1.98. The van der Waals surface area contributed by atoms with Gasteiger partial charge in [-0.3, -0.25) is 10.1 Å². The highest BCUT2D eigenvalue weighted by Crippen LogP contribution is 2.31. The quantitative estimate of drug-likeness (QED) is 0.544. The Morgan fingerprint density at radius 3 is 2.76 bits per heavy atom. The zero-order valence-corrected chi connectivity index (χ0v) is 11.5. The van der Waals surface area contributed by atoms with E-state index in [2.05, 4.69) is 0 Å². The number of aliphatic hydroxyl groups is 3. The number of hydrogen-bond donors (Lipinski definition) is 3. The van der Waals surface area contributed by atoms with Gasteiger partial charge in [-0.1, -0.05) is 11.6 Å². The third-order valence-electron chi connectivity index (χ3n) is 3.10. The standard InChI is InChI=1S/C12H14ClNO7/c13-7-3-6(14(18)19)1-2-9(7)20-11-4-8(16)12(17)10(5-15)21-11/h1-3,8,10-12,15-17H,4-5H2/t8-,10-,11-,12+/m1/s1. The minimum atomic E-state index is -1.21. The minimum Gasteiger partial charge on any atom is -0.463 e. The fraction of sp³-hybridized carbons (Fsp3) is 0.500. The van der Waals surface area contributed by atoms with Crippen LogP contribution >= 0.6 is 11.6 Å². The molecule has 0 spiro atoms. The number of nitrogens with zero attached hydrogens (tertiary/aromatic N) is 1. The number of aliphatic hydroxyl groups excluding tert-OH is 3. The molecule has 9 heteroatoms. The average Bonchev–Trinajstić information content (AvgIpc) is 2.44. The van der Waals surface area contributed by atoms with E-state index < -0.39 is 36.1 Å². The monoisotopic (exact) mass is 319 g/mol. The van der Waals surface area contributed by atoms with Gasteiger partial charge < -0.3 is 24.8 Å². The van der Waals surface area contributed by atoms with Gasteiger partial charge in [-0.15, -0.1) is 0 Å². The summed E-state index contributed by atoms with van der Waals surface area (Å²) in [6.07, 6.45) is -4.25. The van der Waals surface area contributed by atoms with E-state index in [0.717, 1.165) is 6.07 Å². The molecule has 0 aliphatic carbocycles. The molecule has 1 aliphatic heterocycles. The summed E-state index contributed by atoms with van der Waals surface area (Å²) < 4.78 is 10.7. The van der Waals surface area contributed by atoms with Gasteiger partial charge in [0.05, 0.1) is 22.7 Å². The molecule has 0 bridgehead atoms. The number of nitro benzene ring substituents is 1. The van der Waals surface area contributed by atoms with E-state index in [0.29, 0.717) is 0 Å². The highest BCUT2D eigenvalue weighted by molar-refractivity contribution is 6.32. The lowest BCUT2D eigenvalue weighted by molar-refractivity contribution is -0.384. The fourth-order valence-corrected chi connectivity index (χ4v) is 2.20. The predicted octanol–water partition coefficient (Wildman–Crippen LogP) is 0.456. The van der Waals surface area contributed by atoms with E-state index in [1.807, 2.05) is 0 Å². The first-order valence-electron chi connectivity index (χ1n) is 6.15. The first-order valence-corrected chi connectivity index (χ1v) is 6.53. The second-order valence-electron chi connectivity index (χ2n) is 4.57. The maximum absolute atomic E-state index is 10.6. The number of nitro groups is 1. The number of hydrogen-bond acceptors (Lipinski definition) is 7. The van der Waals surface area contributed by atoms with Gasteiger partial charge in [-0.2, -0.15) is 0 Å². The van der Waals surface area contributed by atoms with Gasteiger partial charge in [0.15, 0.2) is 0 Å². The van der Waals surface area contributed by atoms with Crippen molar-refractivity contribution in [1.29, 1.82) is 0 Å². The van der Waals surface area contributed by atoms with E-state index >= 15 is 0 Å². The van der Waals surface area contributed by atoms with Crippen LogP contribution in [0.1, 0.15) is 6.42 Å². The molecule has 4 atom stereocenters. The normalized spacial score (nSPS) is 29.1. The number of benzene rings is 1. The Labute approximate surface area is 124 Å². The molecule has 1 saturated heterocycles. The molecule has 8 nitrogen and oxygen atoms in total. The smallest absolute Gasteiger partial charge is 0.271 e. The second-order valence-corrected chi connectivity index (χ2v) is 4.98. The summed E-state index contributed by atoms with van der Waals surface area (Å²) in [7, 11) is 0. The molecule has 1 heterocycles. The number of halogens is 1. The van der Waals surface area contributed by atoms with Crippen molar-refractivity contribution in [2.24, 2.45) is 0 Å². The van der Waals surface area contributed by atoms with Crippen LogP contribution < -0.4 is 4.74 Å². The van der Waals surface area contributed by atoms with Crippen molar-refractivity contribution in [3.05, 3.63) is 33.3 Å². The van der Waals surface area contributed by atoms with Gasteiger partial charge in [0.2, 0.25) is 6.29 Å². The van der Waals surface area contributed by atoms with Gasteiger partial charge in [0.1, 0.15) is 18.0 Å². The third-order valence-corrected chi connectivity index (χ3v) is 3.40. The Kier molecular flexibility index (Phi) is 4.96. The summed E-state index contributed by atoms with van der Waals surface area (Å²) >= 11 is 5.88. The molecule has 1 aromatic carbocycles. The van der Waals surface area contributed by atoms with Gasteiger partial charge in [-0.25, -0.2) is 0 Å². The van der Waals surface area contributed by atoms with Crippen LogP contribution in [0.3, 0.4) is 0 Å². The van der Waals surface area contributed by atoms with Gasteiger partial charge in [-0.05, 0) is 6.07 Å². The molecule has 3 N–H and O–H groups in total. The zero-order chi connectivity index (χ0) is 15.6. The zero-order valence-electron chi connectivity index (χ0n) is 10.8. The van der Waals surface area contributed by atoms with Crippen LogP contribution in [0.5, 0.6) is 5.75 Å². The summed E-state index contributed by atoms with van der Waals surface area (Å²) in [4.78, 5) is 10.0. The van der Waals surface area contributed by atoms with Crippen molar-refractivity contribution in [1.82, 2.24) is 0 Å². The lowest BCUT2D eigenvalue weighted by Gasteiger charge is -2.36. The molecular weight excluding hydrogens is 306 g/mol. The van der Waals surface area contributed by atoms with Gasteiger partial charge >= 0.3 is 0 Å². The summed E-state index contributed by atoms with van der Waals surface area (Å²) in [6.45, 7) is -0.480. The molecule has 1 aromatic rings. The lowest BCUT2D eigenvalue weighted by atomic mass is 10.0. The minimum absolute atomic E-state index is 0.0222. The lowest BCUT2D eigenvalue weighted by Crippen LogP contribution is -2.51. The molecule has 116 valence electrons. The van der Waals surface area contributed by atoms with Crippen molar-refractivity contribution in [3.8, 4) is 5.75 Å². The largest absolute Gasteiger partial charge is 0.463 e. The maximum Gasteiger partial charge on any atom is 0.271 e. The molecule has 1 aliphatic rings. The summed E-state index contributed by atoms with van der Waals surface area (Å²) in [5, 5.41) is 38.9. The first-order chi connectivity index (χ1) is 9.92. The molecule has 1 fully saturated rings. The first kappa shape index (κ1) is 15.9. The predicted molar refractivity (Wildman–Crippen MR) is 71.1 cm³/mol. The summed E-state index contributed by atoms with van der Waals surface area (Å²) in [5.41, 5.74) is -0.180. The molecule has 0 amide bonds. The van der Waals surface area contributed by atoms with Crippen molar-refractivity contribution in [3.63, 3.8) is 0 Å². The van der Waals surface area contributed by atoms with Crippen LogP contribution in [0.25, 0.3) is 0 Å². The molecular formula is C12H14ClNO7.